The van der Waals surface area contributed by atoms with Gasteiger partial charge in [-0.1, -0.05) is 37.6 Å². The van der Waals surface area contributed by atoms with Crippen LogP contribution in [0.4, 0.5) is 5.69 Å². The summed E-state index contributed by atoms with van der Waals surface area (Å²) in [4.78, 5) is 12.4. The summed E-state index contributed by atoms with van der Waals surface area (Å²) < 4.78 is 6.71. The molecule has 0 bridgehead atoms. The zero-order valence-electron chi connectivity index (χ0n) is 14.2. The number of carbonyl (C=O) groups excluding carboxylic acids is 1. The lowest BCUT2D eigenvalue weighted by molar-refractivity contribution is -0.122. The standard InChI is InChI=1S/C19H21BrClNO2/c1-11(2)15-7-5-12(3)9-18(15)24-13(4)19(23)22-14-6-8-16(20)17(21)10-14/h5-11,13H,1-4H3,(H,22,23)/t13-/m0/s1. The Kier molecular flexibility index (Phi) is 6.30. The van der Waals surface area contributed by atoms with Crippen LogP contribution in [0, 0.1) is 6.92 Å². The topological polar surface area (TPSA) is 38.3 Å². The molecule has 2 rings (SSSR count). The molecule has 128 valence electrons. The van der Waals surface area contributed by atoms with Crippen molar-refractivity contribution in [3.05, 3.63) is 57.0 Å². The molecular weight excluding hydrogens is 390 g/mol. The molecule has 0 radical (unpaired) electrons. The smallest absolute Gasteiger partial charge is 0.265 e. The largest absolute Gasteiger partial charge is 0.481 e. The van der Waals surface area contributed by atoms with E-state index in [1.165, 1.54) is 0 Å². The molecular formula is C19H21BrClNO2. The Balaban J connectivity index is 2.11. The average Bonchev–Trinajstić information content (AvgIpc) is 2.50. The average molecular weight is 411 g/mol. The van der Waals surface area contributed by atoms with Crippen LogP contribution in [0.25, 0.3) is 0 Å². The molecule has 1 atom stereocenters. The van der Waals surface area contributed by atoms with E-state index >= 15 is 0 Å². The van der Waals surface area contributed by atoms with Crippen LogP contribution in [0.15, 0.2) is 40.9 Å². The summed E-state index contributed by atoms with van der Waals surface area (Å²) in [5, 5.41) is 3.37. The number of halogens is 2. The number of anilines is 1. The van der Waals surface area contributed by atoms with Crippen LogP contribution in [0.2, 0.25) is 5.02 Å². The number of carbonyl (C=O) groups is 1. The van der Waals surface area contributed by atoms with Gasteiger partial charge in [0.2, 0.25) is 0 Å². The third kappa shape index (κ3) is 4.74. The minimum Gasteiger partial charge on any atom is -0.481 e. The molecule has 0 heterocycles. The summed E-state index contributed by atoms with van der Waals surface area (Å²) in [5.74, 6) is 0.854. The van der Waals surface area contributed by atoms with Gasteiger partial charge in [0.25, 0.3) is 5.91 Å². The van der Waals surface area contributed by atoms with Crippen molar-refractivity contribution in [2.24, 2.45) is 0 Å². The van der Waals surface area contributed by atoms with E-state index < -0.39 is 6.10 Å². The Bertz CT molecular complexity index is 746. The molecule has 0 saturated heterocycles. The number of hydrogen-bond donors (Lipinski definition) is 1. The van der Waals surface area contributed by atoms with E-state index in [-0.39, 0.29) is 5.91 Å². The van der Waals surface area contributed by atoms with Crippen molar-refractivity contribution >= 4 is 39.1 Å². The van der Waals surface area contributed by atoms with Gasteiger partial charge in [-0.15, -0.1) is 0 Å². The van der Waals surface area contributed by atoms with Gasteiger partial charge in [0.15, 0.2) is 6.10 Å². The van der Waals surface area contributed by atoms with Gasteiger partial charge in [0.1, 0.15) is 5.75 Å². The molecule has 0 fully saturated rings. The van der Waals surface area contributed by atoms with Gasteiger partial charge in [-0.05, 0) is 71.1 Å². The van der Waals surface area contributed by atoms with Crippen LogP contribution in [0.5, 0.6) is 5.75 Å². The molecule has 1 amide bonds. The maximum absolute atomic E-state index is 12.4. The zero-order valence-corrected chi connectivity index (χ0v) is 16.5. The van der Waals surface area contributed by atoms with Crippen molar-refractivity contribution in [2.45, 2.75) is 39.7 Å². The van der Waals surface area contributed by atoms with Gasteiger partial charge in [-0.2, -0.15) is 0 Å². The van der Waals surface area contributed by atoms with E-state index in [1.54, 1.807) is 25.1 Å². The second kappa shape index (κ2) is 8.04. The minimum absolute atomic E-state index is 0.218. The van der Waals surface area contributed by atoms with Gasteiger partial charge < -0.3 is 10.1 Å². The van der Waals surface area contributed by atoms with Crippen LogP contribution in [-0.4, -0.2) is 12.0 Å². The van der Waals surface area contributed by atoms with Gasteiger partial charge in [-0.25, -0.2) is 0 Å². The maximum atomic E-state index is 12.4. The molecule has 1 N–H and O–H groups in total. The molecule has 0 saturated carbocycles. The number of rotatable bonds is 5. The van der Waals surface area contributed by atoms with E-state index in [1.807, 2.05) is 13.0 Å². The third-order valence-corrected chi connectivity index (χ3v) is 4.88. The number of hydrogen-bond acceptors (Lipinski definition) is 2. The second-order valence-electron chi connectivity index (χ2n) is 6.07. The van der Waals surface area contributed by atoms with E-state index in [2.05, 4.69) is 47.2 Å². The van der Waals surface area contributed by atoms with Gasteiger partial charge >= 0.3 is 0 Å². The number of ether oxygens (including phenoxy) is 1. The summed E-state index contributed by atoms with van der Waals surface area (Å²) >= 11 is 9.38. The molecule has 2 aromatic rings. The van der Waals surface area contributed by atoms with E-state index in [9.17, 15) is 4.79 Å². The fourth-order valence-electron chi connectivity index (χ4n) is 2.28. The molecule has 0 spiro atoms. The van der Waals surface area contributed by atoms with Crippen molar-refractivity contribution in [3.8, 4) is 5.75 Å². The Morgan fingerprint density at radius 3 is 2.50 bits per heavy atom. The van der Waals surface area contributed by atoms with Crippen LogP contribution < -0.4 is 10.1 Å². The molecule has 2 aromatic carbocycles. The normalized spacial score (nSPS) is 12.1. The first-order valence-electron chi connectivity index (χ1n) is 7.81. The summed E-state index contributed by atoms with van der Waals surface area (Å²) in [5.41, 5.74) is 2.82. The van der Waals surface area contributed by atoms with Crippen molar-refractivity contribution < 1.29 is 9.53 Å². The van der Waals surface area contributed by atoms with Crippen LogP contribution >= 0.6 is 27.5 Å². The number of aryl methyl sites for hydroxylation is 1. The first-order chi connectivity index (χ1) is 11.3. The monoisotopic (exact) mass is 409 g/mol. The predicted molar refractivity (Wildman–Crippen MR) is 103 cm³/mol. The second-order valence-corrected chi connectivity index (χ2v) is 7.34. The van der Waals surface area contributed by atoms with Gasteiger partial charge in [0.05, 0.1) is 5.02 Å². The Hall–Kier alpha value is -1.52. The highest BCUT2D eigenvalue weighted by atomic mass is 79.9. The lowest BCUT2D eigenvalue weighted by Gasteiger charge is -2.19. The summed E-state index contributed by atoms with van der Waals surface area (Å²) in [6, 6.07) is 11.3. The number of benzene rings is 2. The molecule has 5 heteroatoms. The van der Waals surface area contributed by atoms with E-state index in [0.717, 1.165) is 21.3 Å². The lowest BCUT2D eigenvalue weighted by Crippen LogP contribution is -2.30. The Morgan fingerprint density at radius 1 is 1.17 bits per heavy atom. The lowest BCUT2D eigenvalue weighted by atomic mass is 10.0. The SMILES string of the molecule is Cc1ccc(C(C)C)c(O[C@@H](C)C(=O)Nc2ccc(Br)c(Cl)c2)c1. The van der Waals surface area contributed by atoms with Crippen molar-refractivity contribution in [1.29, 1.82) is 0 Å². The first kappa shape index (κ1) is 18.8. The molecule has 0 aliphatic carbocycles. The van der Waals surface area contributed by atoms with E-state index in [4.69, 9.17) is 16.3 Å². The van der Waals surface area contributed by atoms with Crippen LogP contribution in [0.1, 0.15) is 37.8 Å². The third-order valence-electron chi connectivity index (χ3n) is 3.65. The fourth-order valence-corrected chi connectivity index (χ4v) is 2.71. The van der Waals surface area contributed by atoms with Gasteiger partial charge in [-0.3, -0.25) is 4.79 Å². The zero-order chi connectivity index (χ0) is 17.9. The molecule has 0 aromatic heterocycles. The van der Waals surface area contributed by atoms with Crippen LogP contribution in [-0.2, 0) is 4.79 Å². The number of amides is 1. The molecule has 24 heavy (non-hydrogen) atoms. The summed E-state index contributed by atoms with van der Waals surface area (Å²) in [7, 11) is 0. The minimum atomic E-state index is -0.619. The molecule has 3 nitrogen and oxygen atoms in total. The van der Waals surface area contributed by atoms with Crippen LogP contribution in [0.3, 0.4) is 0 Å². The highest BCUT2D eigenvalue weighted by Gasteiger charge is 2.18. The highest BCUT2D eigenvalue weighted by molar-refractivity contribution is 9.10. The summed E-state index contributed by atoms with van der Waals surface area (Å²) in [6.07, 6.45) is -0.619. The van der Waals surface area contributed by atoms with Gasteiger partial charge in [0, 0.05) is 10.2 Å². The Labute approximate surface area is 156 Å². The van der Waals surface area contributed by atoms with Crippen molar-refractivity contribution in [2.75, 3.05) is 5.32 Å². The number of nitrogens with one attached hydrogen (secondary N) is 1. The van der Waals surface area contributed by atoms with Crippen molar-refractivity contribution in [3.63, 3.8) is 0 Å². The van der Waals surface area contributed by atoms with E-state index in [0.29, 0.717) is 16.6 Å². The first-order valence-corrected chi connectivity index (χ1v) is 8.98. The Morgan fingerprint density at radius 2 is 1.88 bits per heavy atom. The summed E-state index contributed by atoms with van der Waals surface area (Å²) in [6.45, 7) is 7.95. The fraction of sp³-hybridized carbons (Fsp3) is 0.316. The molecule has 0 aliphatic heterocycles. The molecule has 0 unspecified atom stereocenters. The maximum Gasteiger partial charge on any atom is 0.265 e. The predicted octanol–water partition coefficient (Wildman–Crippen LogP) is 5.94. The quantitative estimate of drug-likeness (QED) is 0.662. The molecule has 0 aliphatic rings. The highest BCUT2D eigenvalue weighted by Crippen LogP contribution is 2.29. The van der Waals surface area contributed by atoms with Crippen molar-refractivity contribution in [1.82, 2.24) is 0 Å².